The lowest BCUT2D eigenvalue weighted by molar-refractivity contribution is -0.149. The first kappa shape index (κ1) is 21.5. The molecule has 144 valence electrons. The van der Waals surface area contributed by atoms with Crippen LogP contribution in [0.4, 0.5) is 0 Å². The highest BCUT2D eigenvalue weighted by molar-refractivity contribution is 5.83. The van der Waals surface area contributed by atoms with E-state index in [1.165, 1.54) is 24.3 Å². The summed E-state index contributed by atoms with van der Waals surface area (Å²) in [5.41, 5.74) is 1.20. The number of ether oxygens (including phenoxy) is 1. The molecule has 0 aliphatic heterocycles. The minimum atomic E-state index is -1.09. The normalized spacial score (nSPS) is 11.7. The summed E-state index contributed by atoms with van der Waals surface area (Å²) < 4.78 is 5.58. The molecule has 0 radical (unpaired) electrons. The van der Waals surface area contributed by atoms with Gasteiger partial charge in [-0.2, -0.15) is 0 Å². The summed E-state index contributed by atoms with van der Waals surface area (Å²) in [6, 6.07) is 6.70. The van der Waals surface area contributed by atoms with Crippen LogP contribution in [0.5, 0.6) is 5.75 Å². The van der Waals surface area contributed by atoms with Crippen LogP contribution in [-0.2, 0) is 14.4 Å². The summed E-state index contributed by atoms with van der Waals surface area (Å²) in [6.45, 7) is 7.51. The number of carbonyl (C=O) groups excluding carboxylic acids is 2. The van der Waals surface area contributed by atoms with Gasteiger partial charge in [-0.15, -0.1) is 0 Å². The third kappa shape index (κ3) is 7.13. The molecule has 0 bridgehead atoms. The van der Waals surface area contributed by atoms with E-state index in [1.54, 1.807) is 0 Å². The molecule has 1 unspecified atom stereocenters. The molecule has 0 fully saturated rings. The summed E-state index contributed by atoms with van der Waals surface area (Å²) in [7, 11) is 0. The Bertz CT molecular complexity index is 613. The number of carboxylic acids is 1. The first-order valence-corrected chi connectivity index (χ1v) is 8.71. The molecule has 0 aromatic heterocycles. The van der Waals surface area contributed by atoms with Crippen molar-refractivity contribution in [1.29, 1.82) is 0 Å². The van der Waals surface area contributed by atoms with Gasteiger partial charge in [-0.3, -0.25) is 9.59 Å². The van der Waals surface area contributed by atoms with Gasteiger partial charge < -0.3 is 20.1 Å². The van der Waals surface area contributed by atoms with Crippen LogP contribution in [0.1, 0.15) is 45.6 Å². The van der Waals surface area contributed by atoms with Crippen LogP contribution in [0.3, 0.4) is 0 Å². The van der Waals surface area contributed by atoms with Crippen molar-refractivity contribution in [1.82, 2.24) is 10.2 Å². The van der Waals surface area contributed by atoms with Gasteiger partial charge in [-0.05, 0) is 30.5 Å². The van der Waals surface area contributed by atoms with E-state index in [4.69, 9.17) is 4.74 Å². The molecule has 1 aromatic rings. The molecular formula is C19H28N2O5. The van der Waals surface area contributed by atoms with Crippen LogP contribution >= 0.6 is 0 Å². The molecular weight excluding hydrogens is 336 g/mol. The van der Waals surface area contributed by atoms with E-state index >= 15 is 0 Å². The lowest BCUT2D eigenvalue weighted by atomic mass is 10.0. The first-order valence-electron chi connectivity index (χ1n) is 8.71. The number of rotatable bonds is 10. The van der Waals surface area contributed by atoms with Gasteiger partial charge in [0, 0.05) is 20.0 Å². The highest BCUT2D eigenvalue weighted by atomic mass is 16.5. The summed E-state index contributed by atoms with van der Waals surface area (Å²) in [5, 5.41) is 11.7. The molecule has 2 amide bonds. The van der Waals surface area contributed by atoms with E-state index in [1.807, 2.05) is 24.3 Å². The van der Waals surface area contributed by atoms with Crippen molar-refractivity contribution in [2.75, 3.05) is 19.7 Å². The van der Waals surface area contributed by atoms with E-state index in [0.29, 0.717) is 11.7 Å². The third-order valence-corrected chi connectivity index (χ3v) is 4.00. The monoisotopic (exact) mass is 364 g/mol. The highest BCUT2D eigenvalue weighted by Crippen LogP contribution is 2.18. The topological polar surface area (TPSA) is 95.9 Å². The average molecular weight is 364 g/mol. The number of carboxylic acid groups (broad SMARTS) is 1. The number of nitrogens with one attached hydrogen (secondary N) is 1. The maximum atomic E-state index is 12.4. The largest absolute Gasteiger partial charge is 0.493 e. The fraction of sp³-hybridized carbons (Fsp3) is 0.526. The smallest absolute Gasteiger partial charge is 0.326 e. The van der Waals surface area contributed by atoms with Crippen molar-refractivity contribution in [2.24, 2.45) is 0 Å². The Balaban J connectivity index is 2.56. The molecule has 1 rings (SSSR count). The molecule has 7 nitrogen and oxygen atoms in total. The third-order valence-electron chi connectivity index (χ3n) is 4.00. The number of carbonyl (C=O) groups is 3. The predicted octanol–water partition coefficient (Wildman–Crippen LogP) is 2.02. The fourth-order valence-electron chi connectivity index (χ4n) is 2.37. The lowest BCUT2D eigenvalue weighted by Crippen LogP contribution is -2.47. The van der Waals surface area contributed by atoms with Crippen molar-refractivity contribution >= 4 is 17.8 Å². The van der Waals surface area contributed by atoms with Crippen LogP contribution in [-0.4, -0.2) is 53.5 Å². The second kappa shape index (κ2) is 10.4. The fourth-order valence-corrected chi connectivity index (χ4v) is 2.37. The van der Waals surface area contributed by atoms with E-state index in [-0.39, 0.29) is 37.9 Å². The Hall–Kier alpha value is -2.57. The van der Waals surface area contributed by atoms with E-state index in [9.17, 15) is 19.5 Å². The van der Waals surface area contributed by atoms with Crippen LogP contribution in [0.25, 0.3) is 0 Å². The second-order valence-electron chi connectivity index (χ2n) is 6.41. The molecule has 0 heterocycles. The zero-order chi connectivity index (χ0) is 19.7. The van der Waals surface area contributed by atoms with Gasteiger partial charge in [0.05, 0.1) is 13.0 Å². The SMILES string of the molecule is CC(=O)NCCN(C(=O)CCOc1ccc(C(C)C)cc1)C(C)C(=O)O. The van der Waals surface area contributed by atoms with Crippen molar-refractivity contribution in [2.45, 2.75) is 46.1 Å². The highest BCUT2D eigenvalue weighted by Gasteiger charge is 2.25. The lowest BCUT2D eigenvalue weighted by Gasteiger charge is -2.26. The summed E-state index contributed by atoms with van der Waals surface area (Å²) >= 11 is 0. The van der Waals surface area contributed by atoms with Gasteiger partial charge in [0.2, 0.25) is 11.8 Å². The van der Waals surface area contributed by atoms with Crippen LogP contribution < -0.4 is 10.1 Å². The van der Waals surface area contributed by atoms with Gasteiger partial charge >= 0.3 is 5.97 Å². The van der Waals surface area contributed by atoms with Crippen molar-refractivity contribution in [3.05, 3.63) is 29.8 Å². The zero-order valence-electron chi connectivity index (χ0n) is 15.8. The van der Waals surface area contributed by atoms with E-state index in [2.05, 4.69) is 19.2 Å². The molecule has 0 aliphatic rings. The van der Waals surface area contributed by atoms with Gasteiger partial charge in [-0.1, -0.05) is 26.0 Å². The average Bonchev–Trinajstić information content (AvgIpc) is 2.58. The maximum Gasteiger partial charge on any atom is 0.326 e. The quantitative estimate of drug-likeness (QED) is 0.662. The van der Waals surface area contributed by atoms with Crippen molar-refractivity contribution < 1.29 is 24.2 Å². The standard InChI is InChI=1S/C19H28N2O5/c1-13(2)16-5-7-17(8-6-16)26-12-9-18(23)21(14(3)19(24)25)11-10-20-15(4)22/h5-8,13-14H,9-12H2,1-4H3,(H,20,22)(H,24,25). The summed E-state index contributed by atoms with van der Waals surface area (Å²) in [4.78, 5) is 35.8. The first-order chi connectivity index (χ1) is 12.2. The summed E-state index contributed by atoms with van der Waals surface area (Å²) in [6.07, 6.45) is 0.0592. The molecule has 0 saturated heterocycles. The van der Waals surface area contributed by atoms with E-state index < -0.39 is 12.0 Å². The molecule has 0 aliphatic carbocycles. The molecule has 26 heavy (non-hydrogen) atoms. The Morgan fingerprint density at radius 3 is 2.27 bits per heavy atom. The second-order valence-corrected chi connectivity index (χ2v) is 6.41. The maximum absolute atomic E-state index is 12.4. The number of hydrogen-bond acceptors (Lipinski definition) is 4. The zero-order valence-corrected chi connectivity index (χ0v) is 15.8. The van der Waals surface area contributed by atoms with Crippen molar-refractivity contribution in [3.8, 4) is 5.75 Å². The number of amides is 2. The molecule has 0 spiro atoms. The molecule has 1 atom stereocenters. The van der Waals surface area contributed by atoms with Gasteiger partial charge in [0.1, 0.15) is 11.8 Å². The Morgan fingerprint density at radius 1 is 1.15 bits per heavy atom. The minimum Gasteiger partial charge on any atom is -0.493 e. The molecule has 2 N–H and O–H groups in total. The molecule has 1 aromatic carbocycles. The Kier molecular flexibility index (Phi) is 8.61. The number of nitrogens with zero attached hydrogens (tertiary/aromatic N) is 1. The Morgan fingerprint density at radius 2 is 1.77 bits per heavy atom. The minimum absolute atomic E-state index is 0.0592. The Labute approximate surface area is 154 Å². The van der Waals surface area contributed by atoms with Gasteiger partial charge in [0.25, 0.3) is 0 Å². The van der Waals surface area contributed by atoms with Crippen molar-refractivity contribution in [3.63, 3.8) is 0 Å². The van der Waals surface area contributed by atoms with Crippen LogP contribution in [0, 0.1) is 0 Å². The predicted molar refractivity (Wildman–Crippen MR) is 98.1 cm³/mol. The number of hydrogen-bond donors (Lipinski definition) is 2. The van der Waals surface area contributed by atoms with Gasteiger partial charge in [0.15, 0.2) is 0 Å². The van der Waals surface area contributed by atoms with Gasteiger partial charge in [-0.25, -0.2) is 4.79 Å². The summed E-state index contributed by atoms with van der Waals surface area (Å²) in [5.74, 6) is -0.553. The number of benzene rings is 1. The van der Waals surface area contributed by atoms with Crippen LogP contribution in [0.15, 0.2) is 24.3 Å². The molecule has 7 heteroatoms. The van der Waals surface area contributed by atoms with E-state index in [0.717, 1.165) is 0 Å². The number of aliphatic carboxylic acids is 1. The van der Waals surface area contributed by atoms with Crippen LogP contribution in [0.2, 0.25) is 0 Å². The molecule has 0 saturated carbocycles.